The second kappa shape index (κ2) is 7.36. The van der Waals surface area contributed by atoms with Gasteiger partial charge in [0.15, 0.2) is 0 Å². The summed E-state index contributed by atoms with van der Waals surface area (Å²) >= 11 is 0. The van der Waals surface area contributed by atoms with Gasteiger partial charge in [0, 0.05) is 24.2 Å². The van der Waals surface area contributed by atoms with Crippen LogP contribution in [-0.4, -0.2) is 17.4 Å². The third-order valence-electron chi connectivity index (χ3n) is 3.02. The fourth-order valence-corrected chi connectivity index (χ4v) is 1.91. The molecule has 0 spiro atoms. The zero-order valence-electron chi connectivity index (χ0n) is 12.1. The number of nitro groups is 1. The van der Waals surface area contributed by atoms with Crippen LogP contribution in [0, 0.1) is 10.1 Å². The Morgan fingerprint density at radius 1 is 1.25 bits per heavy atom. The van der Waals surface area contributed by atoms with E-state index in [-0.39, 0.29) is 29.1 Å². The molecular weight excluding hydrogens is 326 g/mol. The lowest BCUT2D eigenvalue weighted by Gasteiger charge is -2.14. The molecule has 24 heavy (non-hydrogen) atoms. The van der Waals surface area contributed by atoms with E-state index in [1.807, 2.05) is 0 Å². The van der Waals surface area contributed by atoms with Crippen molar-refractivity contribution in [3.05, 3.63) is 63.7 Å². The number of hydrogen-bond donors (Lipinski definition) is 1. The second-order valence-corrected chi connectivity index (χ2v) is 4.64. The lowest BCUT2D eigenvalue weighted by Crippen LogP contribution is -2.23. The van der Waals surface area contributed by atoms with Gasteiger partial charge in [-0.2, -0.15) is 8.78 Å². The molecular formula is C15H11F2N2O5-. The minimum absolute atomic E-state index is 0.0394. The molecule has 0 atom stereocenters. The van der Waals surface area contributed by atoms with Crippen molar-refractivity contribution in [3.63, 3.8) is 0 Å². The predicted octanol–water partition coefficient (Wildman–Crippen LogP) is 2.20. The lowest BCUT2D eigenvalue weighted by atomic mass is 10.1. The van der Waals surface area contributed by atoms with Crippen LogP contribution in [0.15, 0.2) is 42.5 Å². The molecule has 0 aromatic heterocycles. The molecule has 2 aromatic carbocycles. The van der Waals surface area contributed by atoms with Gasteiger partial charge in [0.1, 0.15) is 5.75 Å². The molecule has 0 fully saturated rings. The Morgan fingerprint density at radius 2 is 2.00 bits per heavy atom. The molecule has 0 saturated heterocycles. The molecule has 0 aliphatic carbocycles. The zero-order chi connectivity index (χ0) is 17.7. The number of halogens is 2. The molecule has 0 heterocycles. The summed E-state index contributed by atoms with van der Waals surface area (Å²) in [5.74, 6) is -1.28. The number of carbonyl (C=O) groups excluding carboxylic acids is 1. The van der Waals surface area contributed by atoms with Crippen molar-refractivity contribution in [1.29, 1.82) is 0 Å². The first kappa shape index (κ1) is 17.1. The number of rotatable bonds is 6. The van der Waals surface area contributed by atoms with Crippen LogP contribution in [0.25, 0.3) is 0 Å². The summed E-state index contributed by atoms with van der Waals surface area (Å²) in [6, 6.07) is 8.29. The molecule has 1 N–H and O–H groups in total. The maximum atomic E-state index is 12.2. The number of non-ortho nitro benzene ring substituents is 1. The monoisotopic (exact) mass is 337 g/mol. The Morgan fingerprint density at radius 3 is 2.67 bits per heavy atom. The summed E-state index contributed by atoms with van der Waals surface area (Å²) in [5.41, 5.74) is -0.185. The third-order valence-corrected chi connectivity index (χ3v) is 3.02. The number of benzene rings is 2. The second-order valence-electron chi connectivity index (χ2n) is 4.64. The Kier molecular flexibility index (Phi) is 5.25. The summed E-state index contributed by atoms with van der Waals surface area (Å²) in [5, 5.41) is 24.7. The van der Waals surface area contributed by atoms with E-state index in [0.717, 1.165) is 24.3 Å². The number of hydrogen-bond acceptors (Lipinski definition) is 5. The number of ether oxygens (including phenoxy) is 1. The molecule has 0 saturated carbocycles. The van der Waals surface area contributed by atoms with Crippen LogP contribution >= 0.6 is 0 Å². The van der Waals surface area contributed by atoms with Crippen molar-refractivity contribution >= 4 is 11.6 Å². The lowest BCUT2D eigenvalue weighted by molar-refractivity contribution is -0.385. The van der Waals surface area contributed by atoms with Crippen LogP contribution in [0.3, 0.4) is 0 Å². The van der Waals surface area contributed by atoms with Crippen LogP contribution in [0.4, 0.5) is 14.5 Å². The molecule has 7 nitrogen and oxygen atoms in total. The van der Waals surface area contributed by atoms with Crippen molar-refractivity contribution < 1.29 is 28.3 Å². The van der Waals surface area contributed by atoms with Crippen LogP contribution in [0.2, 0.25) is 0 Å². The molecule has 2 aromatic rings. The Balaban J connectivity index is 2.08. The van der Waals surface area contributed by atoms with E-state index in [1.165, 1.54) is 18.2 Å². The molecule has 2 rings (SSSR count). The Bertz CT molecular complexity index is 767. The van der Waals surface area contributed by atoms with Crippen LogP contribution in [0.5, 0.6) is 11.5 Å². The van der Waals surface area contributed by atoms with Gasteiger partial charge in [0.25, 0.3) is 11.6 Å². The topological polar surface area (TPSA) is 105 Å². The molecule has 0 radical (unpaired) electrons. The van der Waals surface area contributed by atoms with Gasteiger partial charge in [-0.3, -0.25) is 14.9 Å². The quantitative estimate of drug-likeness (QED) is 0.643. The largest absolute Gasteiger partial charge is 0.872 e. The van der Waals surface area contributed by atoms with Gasteiger partial charge in [-0.05, 0) is 23.8 Å². The highest BCUT2D eigenvalue weighted by atomic mass is 19.3. The molecule has 9 heteroatoms. The van der Waals surface area contributed by atoms with Crippen molar-refractivity contribution in [2.75, 3.05) is 0 Å². The molecule has 0 aliphatic heterocycles. The van der Waals surface area contributed by atoms with Gasteiger partial charge in [-0.15, -0.1) is 5.75 Å². The van der Waals surface area contributed by atoms with E-state index >= 15 is 0 Å². The van der Waals surface area contributed by atoms with Gasteiger partial charge < -0.3 is 15.2 Å². The number of nitro benzene ring substituents is 1. The maximum Gasteiger partial charge on any atom is 0.387 e. The molecule has 0 aliphatic rings. The SMILES string of the molecule is O=C(NCc1cc([N+](=O)[O-])ccc1[O-])c1cccc(OC(F)F)c1. The summed E-state index contributed by atoms with van der Waals surface area (Å²) < 4.78 is 28.5. The van der Waals surface area contributed by atoms with Crippen molar-refractivity contribution in [1.82, 2.24) is 5.32 Å². The van der Waals surface area contributed by atoms with E-state index in [9.17, 15) is 28.8 Å². The van der Waals surface area contributed by atoms with Crippen LogP contribution < -0.4 is 15.2 Å². The number of nitrogens with zero attached hydrogens (tertiary/aromatic N) is 1. The summed E-state index contributed by atoms with van der Waals surface area (Å²) in [4.78, 5) is 22.0. The van der Waals surface area contributed by atoms with E-state index in [1.54, 1.807) is 0 Å². The number of carbonyl (C=O) groups is 1. The zero-order valence-corrected chi connectivity index (χ0v) is 12.1. The molecule has 0 unspecified atom stereocenters. The summed E-state index contributed by atoms with van der Waals surface area (Å²) in [6.45, 7) is -3.25. The smallest absolute Gasteiger partial charge is 0.387 e. The minimum atomic E-state index is -3.02. The summed E-state index contributed by atoms with van der Waals surface area (Å²) in [6.07, 6.45) is 0. The average molecular weight is 337 g/mol. The Labute approximate surface area is 134 Å². The van der Waals surface area contributed by atoms with Gasteiger partial charge >= 0.3 is 6.61 Å². The number of alkyl halides is 2. The highest BCUT2D eigenvalue weighted by Gasteiger charge is 2.11. The molecule has 1 amide bonds. The average Bonchev–Trinajstić information content (AvgIpc) is 2.53. The third kappa shape index (κ3) is 4.38. The van der Waals surface area contributed by atoms with Crippen LogP contribution in [-0.2, 0) is 6.54 Å². The van der Waals surface area contributed by atoms with Gasteiger partial charge in [-0.1, -0.05) is 12.1 Å². The first-order valence-electron chi connectivity index (χ1n) is 6.64. The molecule has 0 bridgehead atoms. The fourth-order valence-electron chi connectivity index (χ4n) is 1.91. The van der Waals surface area contributed by atoms with Crippen molar-refractivity contribution in [2.24, 2.45) is 0 Å². The minimum Gasteiger partial charge on any atom is -0.872 e. The molecule has 126 valence electrons. The van der Waals surface area contributed by atoms with Gasteiger partial charge in [0.2, 0.25) is 0 Å². The standard InChI is InChI=1S/C15H12F2N2O5/c16-15(17)24-12-3-1-2-9(7-12)14(21)18-8-10-6-11(19(22)23)4-5-13(10)20/h1-7,15,20H,8H2,(H,18,21)/p-1. The first-order valence-corrected chi connectivity index (χ1v) is 6.64. The van der Waals surface area contributed by atoms with Crippen molar-refractivity contribution in [3.8, 4) is 11.5 Å². The Hall–Kier alpha value is -3.23. The first-order chi connectivity index (χ1) is 11.4. The summed E-state index contributed by atoms with van der Waals surface area (Å²) in [7, 11) is 0. The van der Waals surface area contributed by atoms with E-state index in [0.29, 0.717) is 0 Å². The van der Waals surface area contributed by atoms with E-state index < -0.39 is 23.2 Å². The van der Waals surface area contributed by atoms with Gasteiger partial charge in [-0.25, -0.2) is 0 Å². The predicted molar refractivity (Wildman–Crippen MR) is 76.8 cm³/mol. The fraction of sp³-hybridized carbons (Fsp3) is 0.133. The normalized spacial score (nSPS) is 10.5. The van der Waals surface area contributed by atoms with E-state index in [4.69, 9.17) is 0 Å². The van der Waals surface area contributed by atoms with Gasteiger partial charge in [0.05, 0.1) is 4.92 Å². The van der Waals surface area contributed by atoms with Crippen LogP contribution in [0.1, 0.15) is 15.9 Å². The highest BCUT2D eigenvalue weighted by molar-refractivity contribution is 5.94. The number of nitrogens with one attached hydrogen (secondary N) is 1. The highest BCUT2D eigenvalue weighted by Crippen LogP contribution is 2.21. The van der Waals surface area contributed by atoms with Crippen molar-refractivity contribution in [2.45, 2.75) is 13.2 Å². The maximum absolute atomic E-state index is 12.2. The van der Waals surface area contributed by atoms with E-state index in [2.05, 4.69) is 10.1 Å². The number of amides is 1.